The maximum Gasteiger partial charge on any atom is 0.335 e. The van der Waals surface area contributed by atoms with Gasteiger partial charge in [0.05, 0.1) is 16.9 Å². The van der Waals surface area contributed by atoms with Crippen LogP contribution in [-0.4, -0.2) is 39.6 Å². The van der Waals surface area contributed by atoms with Gasteiger partial charge in [-0.1, -0.05) is 12.1 Å². The number of amides is 2. The van der Waals surface area contributed by atoms with Crippen molar-refractivity contribution in [1.82, 2.24) is 20.6 Å². The van der Waals surface area contributed by atoms with E-state index < -0.39 is 12.0 Å². The largest absolute Gasteiger partial charge is 0.478 e. The normalized spacial score (nSPS) is 11.0. The van der Waals surface area contributed by atoms with E-state index in [4.69, 9.17) is 5.73 Å². The zero-order chi connectivity index (χ0) is 21.5. The molecule has 0 unspecified atom stereocenters. The lowest BCUT2D eigenvalue weighted by molar-refractivity contribution is 0.0696. The first-order chi connectivity index (χ1) is 14.5. The Balaban J connectivity index is 2.09. The number of aromatic carboxylic acids is 1. The molecule has 0 aliphatic carbocycles. The van der Waals surface area contributed by atoms with E-state index >= 15 is 0 Å². The number of carboxylic acids is 1. The third kappa shape index (κ3) is 4.96. The predicted molar refractivity (Wildman–Crippen MR) is 113 cm³/mol. The molecular weight excluding hydrogens is 384 g/mol. The fourth-order valence-corrected chi connectivity index (χ4v) is 2.74. The standard InChI is InChI=1S/C21H20N6O3/c1-2-24-21(30)27-20(22)26-17-6-5-13(15-4-3-8-23-12-15)10-16(17)18-11-14(19(28)29)7-9-25-18/h3-12H,2H2,1H3,(H,28,29)(H4,22,24,26,27,30). The third-order valence-corrected chi connectivity index (χ3v) is 4.09. The van der Waals surface area contributed by atoms with Gasteiger partial charge in [0.2, 0.25) is 5.96 Å². The summed E-state index contributed by atoms with van der Waals surface area (Å²) in [6.45, 7) is 2.22. The Kier molecular flexibility index (Phi) is 6.33. The summed E-state index contributed by atoms with van der Waals surface area (Å²) < 4.78 is 0. The topological polar surface area (TPSA) is 143 Å². The summed E-state index contributed by atoms with van der Waals surface area (Å²) in [7, 11) is 0. The second kappa shape index (κ2) is 9.28. The van der Waals surface area contributed by atoms with Gasteiger partial charge in [-0.3, -0.25) is 15.3 Å². The molecule has 0 spiro atoms. The first-order valence-corrected chi connectivity index (χ1v) is 9.11. The van der Waals surface area contributed by atoms with E-state index in [-0.39, 0.29) is 11.5 Å². The van der Waals surface area contributed by atoms with Gasteiger partial charge in [0.15, 0.2) is 0 Å². The number of aromatic nitrogens is 2. The van der Waals surface area contributed by atoms with Gasteiger partial charge < -0.3 is 16.2 Å². The maximum atomic E-state index is 11.7. The number of carbonyl (C=O) groups excluding carboxylic acids is 1. The summed E-state index contributed by atoms with van der Waals surface area (Å²) in [5, 5.41) is 14.3. The Labute approximate surface area is 172 Å². The molecule has 0 radical (unpaired) electrons. The molecule has 152 valence electrons. The summed E-state index contributed by atoms with van der Waals surface area (Å²) >= 11 is 0. The smallest absolute Gasteiger partial charge is 0.335 e. The summed E-state index contributed by atoms with van der Waals surface area (Å²) in [5.41, 5.74) is 9.06. The molecule has 9 nitrogen and oxygen atoms in total. The third-order valence-electron chi connectivity index (χ3n) is 4.09. The Morgan fingerprint density at radius 1 is 1.13 bits per heavy atom. The minimum atomic E-state index is -1.07. The number of nitrogens with zero attached hydrogens (tertiary/aromatic N) is 3. The fourth-order valence-electron chi connectivity index (χ4n) is 2.74. The number of hydrogen-bond donors (Lipinski definition) is 4. The van der Waals surface area contributed by atoms with E-state index in [2.05, 4.69) is 25.6 Å². The molecule has 0 fully saturated rings. The Morgan fingerprint density at radius 2 is 1.97 bits per heavy atom. The average Bonchev–Trinajstić information content (AvgIpc) is 2.74. The fraction of sp³-hybridized carbons (Fsp3) is 0.0952. The van der Waals surface area contributed by atoms with Crippen molar-refractivity contribution in [2.24, 2.45) is 10.7 Å². The van der Waals surface area contributed by atoms with Crippen LogP contribution in [0.1, 0.15) is 17.3 Å². The van der Waals surface area contributed by atoms with E-state index in [1.807, 2.05) is 24.3 Å². The molecule has 30 heavy (non-hydrogen) atoms. The molecule has 2 heterocycles. The van der Waals surface area contributed by atoms with Crippen molar-refractivity contribution in [3.8, 4) is 22.4 Å². The summed E-state index contributed by atoms with van der Waals surface area (Å²) in [5.74, 6) is -1.17. The zero-order valence-corrected chi connectivity index (χ0v) is 16.2. The van der Waals surface area contributed by atoms with E-state index in [1.165, 1.54) is 18.3 Å². The Bertz CT molecular complexity index is 1100. The number of aliphatic imine (C=N–C) groups is 1. The van der Waals surface area contributed by atoms with E-state index in [9.17, 15) is 14.7 Å². The van der Waals surface area contributed by atoms with Crippen LogP contribution in [0.5, 0.6) is 0 Å². The van der Waals surface area contributed by atoms with Crippen LogP contribution in [0.25, 0.3) is 22.4 Å². The molecule has 2 aromatic heterocycles. The number of nitrogens with two attached hydrogens (primary N) is 1. The lowest BCUT2D eigenvalue weighted by Crippen LogP contribution is -2.43. The van der Waals surface area contributed by atoms with Crippen molar-refractivity contribution in [2.75, 3.05) is 6.54 Å². The van der Waals surface area contributed by atoms with E-state index in [0.29, 0.717) is 23.5 Å². The monoisotopic (exact) mass is 404 g/mol. The van der Waals surface area contributed by atoms with Crippen molar-refractivity contribution in [3.05, 3.63) is 66.6 Å². The van der Waals surface area contributed by atoms with Crippen LogP contribution in [0, 0.1) is 0 Å². The van der Waals surface area contributed by atoms with Gasteiger partial charge in [-0.2, -0.15) is 0 Å². The lowest BCUT2D eigenvalue weighted by Gasteiger charge is -2.11. The van der Waals surface area contributed by atoms with Crippen molar-refractivity contribution in [1.29, 1.82) is 0 Å². The average molecular weight is 404 g/mol. The highest BCUT2D eigenvalue weighted by atomic mass is 16.4. The van der Waals surface area contributed by atoms with Gasteiger partial charge in [0, 0.05) is 36.3 Å². The van der Waals surface area contributed by atoms with Crippen LogP contribution in [-0.2, 0) is 0 Å². The first-order valence-electron chi connectivity index (χ1n) is 9.11. The molecule has 0 saturated heterocycles. The predicted octanol–water partition coefficient (Wildman–Crippen LogP) is 2.77. The van der Waals surface area contributed by atoms with Gasteiger partial charge in [-0.05, 0) is 42.8 Å². The summed E-state index contributed by atoms with van der Waals surface area (Å²) in [4.78, 5) is 35.8. The molecule has 3 rings (SSSR count). The van der Waals surface area contributed by atoms with Crippen LogP contribution < -0.4 is 16.4 Å². The minimum absolute atomic E-state index is 0.0927. The maximum absolute atomic E-state index is 11.7. The second-order valence-electron chi connectivity index (χ2n) is 6.19. The van der Waals surface area contributed by atoms with Gasteiger partial charge in [-0.15, -0.1) is 0 Å². The van der Waals surface area contributed by atoms with E-state index in [0.717, 1.165) is 11.1 Å². The summed E-state index contributed by atoms with van der Waals surface area (Å²) in [6.07, 6.45) is 4.81. The number of hydrogen-bond acceptors (Lipinski definition) is 5. The van der Waals surface area contributed by atoms with Crippen LogP contribution >= 0.6 is 0 Å². The number of urea groups is 1. The van der Waals surface area contributed by atoms with Gasteiger partial charge in [0.25, 0.3) is 0 Å². The second-order valence-corrected chi connectivity index (χ2v) is 6.19. The molecule has 0 bridgehead atoms. The molecule has 0 saturated carbocycles. The molecule has 0 aliphatic heterocycles. The van der Waals surface area contributed by atoms with Crippen LogP contribution in [0.3, 0.4) is 0 Å². The molecule has 1 aromatic carbocycles. The van der Waals surface area contributed by atoms with Crippen molar-refractivity contribution >= 4 is 23.6 Å². The number of pyridine rings is 2. The van der Waals surface area contributed by atoms with Gasteiger partial charge in [-0.25, -0.2) is 14.6 Å². The molecule has 5 N–H and O–H groups in total. The number of nitrogens with one attached hydrogen (secondary N) is 2. The highest BCUT2D eigenvalue weighted by Gasteiger charge is 2.13. The Hall–Kier alpha value is -4.27. The van der Waals surface area contributed by atoms with Crippen LogP contribution in [0.15, 0.2) is 66.0 Å². The number of carboxylic acid groups (broad SMARTS) is 1. The molecule has 0 aliphatic rings. The van der Waals surface area contributed by atoms with Crippen molar-refractivity contribution in [3.63, 3.8) is 0 Å². The molecular formula is C21H20N6O3. The number of benzene rings is 1. The zero-order valence-electron chi connectivity index (χ0n) is 16.2. The van der Waals surface area contributed by atoms with Crippen molar-refractivity contribution < 1.29 is 14.7 Å². The minimum Gasteiger partial charge on any atom is -0.478 e. The molecule has 0 atom stereocenters. The van der Waals surface area contributed by atoms with Gasteiger partial charge in [0.1, 0.15) is 0 Å². The SMILES string of the molecule is CCNC(=O)NC(N)=Nc1ccc(-c2cccnc2)cc1-c1cc(C(=O)O)ccn1. The van der Waals surface area contributed by atoms with E-state index in [1.54, 1.807) is 25.4 Å². The number of carbonyl (C=O) groups is 2. The molecule has 9 heteroatoms. The number of rotatable bonds is 5. The molecule has 2 amide bonds. The van der Waals surface area contributed by atoms with Crippen LogP contribution in [0.2, 0.25) is 0 Å². The van der Waals surface area contributed by atoms with Crippen molar-refractivity contribution in [2.45, 2.75) is 6.92 Å². The Morgan fingerprint density at radius 3 is 2.67 bits per heavy atom. The summed E-state index contributed by atoms with van der Waals surface area (Å²) in [6, 6.07) is 11.5. The first kappa shape index (κ1) is 20.5. The highest BCUT2D eigenvalue weighted by molar-refractivity contribution is 5.97. The quantitative estimate of drug-likeness (QED) is 0.380. The number of guanidine groups is 1. The molecule has 3 aromatic rings. The van der Waals surface area contributed by atoms with Gasteiger partial charge >= 0.3 is 12.0 Å². The van der Waals surface area contributed by atoms with Crippen LogP contribution in [0.4, 0.5) is 10.5 Å². The lowest BCUT2D eigenvalue weighted by atomic mass is 10.0. The highest BCUT2D eigenvalue weighted by Crippen LogP contribution is 2.33.